The van der Waals surface area contributed by atoms with Gasteiger partial charge in [0.15, 0.2) is 0 Å². The van der Waals surface area contributed by atoms with Crippen LogP contribution in [0.1, 0.15) is 22.3 Å². The SMILES string of the molecule is C=CCc1cc(-c2ccc(OCc3ccc(OC(F)(F)F)cc3)c(CC=C)c2)ccc1OCc1ccc(OC(F)(F)F)cc1. The van der Waals surface area contributed by atoms with Crippen LogP contribution in [-0.4, -0.2) is 12.7 Å². The van der Waals surface area contributed by atoms with E-state index in [1.807, 2.05) is 36.4 Å². The van der Waals surface area contributed by atoms with Crippen molar-refractivity contribution in [3.8, 4) is 34.1 Å². The minimum atomic E-state index is -4.76. The average molecular weight is 615 g/mol. The lowest BCUT2D eigenvalue weighted by Gasteiger charge is -2.15. The van der Waals surface area contributed by atoms with Gasteiger partial charge in [-0.3, -0.25) is 0 Å². The Morgan fingerprint density at radius 3 is 1.20 bits per heavy atom. The molecule has 0 aliphatic carbocycles. The Hall–Kier alpha value is -4.86. The Labute approximate surface area is 250 Å². The van der Waals surface area contributed by atoms with Gasteiger partial charge in [0.2, 0.25) is 0 Å². The minimum Gasteiger partial charge on any atom is -0.489 e. The maximum atomic E-state index is 12.4. The molecule has 0 heterocycles. The van der Waals surface area contributed by atoms with Crippen LogP contribution < -0.4 is 18.9 Å². The molecule has 0 bridgehead atoms. The maximum absolute atomic E-state index is 12.4. The predicted molar refractivity (Wildman–Crippen MR) is 155 cm³/mol. The molecule has 0 amide bonds. The lowest BCUT2D eigenvalue weighted by atomic mass is 9.98. The topological polar surface area (TPSA) is 36.9 Å². The van der Waals surface area contributed by atoms with Gasteiger partial charge in [-0.2, -0.15) is 0 Å². The molecule has 0 spiro atoms. The second kappa shape index (κ2) is 14.1. The van der Waals surface area contributed by atoms with Crippen molar-refractivity contribution in [3.63, 3.8) is 0 Å². The molecule has 0 saturated heterocycles. The highest BCUT2D eigenvalue weighted by Crippen LogP contribution is 2.32. The van der Waals surface area contributed by atoms with Crippen molar-refractivity contribution in [2.45, 2.75) is 38.8 Å². The van der Waals surface area contributed by atoms with E-state index in [1.54, 1.807) is 12.2 Å². The lowest BCUT2D eigenvalue weighted by molar-refractivity contribution is -0.275. The van der Waals surface area contributed by atoms with Gasteiger partial charge < -0.3 is 18.9 Å². The summed E-state index contributed by atoms with van der Waals surface area (Å²) in [6.07, 6.45) is -4.97. The fraction of sp³-hybridized carbons (Fsp3) is 0.176. The molecular weight excluding hydrogens is 586 g/mol. The molecule has 0 fully saturated rings. The third-order valence-electron chi connectivity index (χ3n) is 6.29. The fourth-order valence-corrected chi connectivity index (χ4v) is 4.33. The van der Waals surface area contributed by atoms with Crippen molar-refractivity contribution in [1.29, 1.82) is 0 Å². The summed E-state index contributed by atoms with van der Waals surface area (Å²) in [5.74, 6) is 0.613. The Morgan fingerprint density at radius 1 is 0.523 bits per heavy atom. The van der Waals surface area contributed by atoms with Gasteiger partial charge in [0.05, 0.1) is 0 Å². The smallest absolute Gasteiger partial charge is 0.489 e. The molecule has 4 aromatic rings. The van der Waals surface area contributed by atoms with Crippen LogP contribution in [0.5, 0.6) is 23.0 Å². The van der Waals surface area contributed by atoms with E-state index in [-0.39, 0.29) is 24.7 Å². The van der Waals surface area contributed by atoms with Crippen LogP contribution in [-0.2, 0) is 26.1 Å². The first-order valence-electron chi connectivity index (χ1n) is 13.4. The van der Waals surface area contributed by atoms with Crippen LogP contribution in [0.4, 0.5) is 26.3 Å². The minimum absolute atomic E-state index is 0.142. The van der Waals surface area contributed by atoms with Gasteiger partial charge in [-0.1, -0.05) is 48.6 Å². The first-order valence-corrected chi connectivity index (χ1v) is 13.4. The van der Waals surface area contributed by atoms with Crippen LogP contribution in [0.3, 0.4) is 0 Å². The van der Waals surface area contributed by atoms with Gasteiger partial charge in [0.25, 0.3) is 0 Å². The van der Waals surface area contributed by atoms with Gasteiger partial charge in [0.1, 0.15) is 36.2 Å². The van der Waals surface area contributed by atoms with Crippen LogP contribution >= 0.6 is 0 Å². The molecule has 4 rings (SSSR count). The largest absolute Gasteiger partial charge is 0.573 e. The van der Waals surface area contributed by atoms with Crippen LogP contribution in [0.15, 0.2) is 110 Å². The number of ether oxygens (including phenoxy) is 4. The summed E-state index contributed by atoms with van der Waals surface area (Å²) in [5.41, 5.74) is 4.92. The zero-order valence-electron chi connectivity index (χ0n) is 23.4. The summed E-state index contributed by atoms with van der Waals surface area (Å²) < 4.78 is 94.3. The van der Waals surface area contributed by atoms with E-state index in [0.717, 1.165) is 22.3 Å². The van der Waals surface area contributed by atoms with Gasteiger partial charge >= 0.3 is 12.7 Å². The highest BCUT2D eigenvalue weighted by atomic mass is 19.4. The van der Waals surface area contributed by atoms with Crippen molar-refractivity contribution in [2.24, 2.45) is 0 Å². The van der Waals surface area contributed by atoms with Crippen molar-refractivity contribution in [2.75, 3.05) is 0 Å². The molecule has 0 aromatic heterocycles. The molecule has 4 aromatic carbocycles. The van der Waals surface area contributed by atoms with E-state index in [9.17, 15) is 26.3 Å². The highest BCUT2D eigenvalue weighted by molar-refractivity contribution is 5.68. The van der Waals surface area contributed by atoms with E-state index in [4.69, 9.17) is 9.47 Å². The molecule has 0 atom stereocenters. The van der Waals surface area contributed by atoms with Gasteiger partial charge in [0, 0.05) is 0 Å². The van der Waals surface area contributed by atoms with E-state index in [0.29, 0.717) is 35.5 Å². The Bertz CT molecular complexity index is 1440. The molecule has 44 heavy (non-hydrogen) atoms. The molecule has 10 heteroatoms. The number of rotatable bonds is 13. The monoisotopic (exact) mass is 614 g/mol. The van der Waals surface area contributed by atoms with Crippen LogP contribution in [0.25, 0.3) is 11.1 Å². The quantitative estimate of drug-likeness (QED) is 0.111. The van der Waals surface area contributed by atoms with Crippen LogP contribution in [0.2, 0.25) is 0 Å². The van der Waals surface area contributed by atoms with Crippen molar-refractivity contribution in [1.82, 2.24) is 0 Å². The number of hydrogen-bond acceptors (Lipinski definition) is 4. The van der Waals surface area contributed by atoms with Crippen LogP contribution in [0, 0.1) is 0 Å². The molecule has 230 valence electrons. The van der Waals surface area contributed by atoms with Gasteiger partial charge in [-0.15, -0.1) is 39.5 Å². The van der Waals surface area contributed by atoms with E-state index < -0.39 is 12.7 Å². The van der Waals surface area contributed by atoms with E-state index in [2.05, 4.69) is 22.6 Å². The Balaban J connectivity index is 1.46. The molecule has 0 unspecified atom stereocenters. The summed E-state index contributed by atoms with van der Waals surface area (Å²) in [6.45, 7) is 7.94. The molecular formula is C34H28F6O4. The zero-order chi connectivity index (χ0) is 31.7. The number of alkyl halides is 6. The van der Waals surface area contributed by atoms with E-state index >= 15 is 0 Å². The molecule has 0 aliphatic heterocycles. The van der Waals surface area contributed by atoms with Gasteiger partial charge in [-0.05, 0) is 94.8 Å². The zero-order valence-corrected chi connectivity index (χ0v) is 23.4. The lowest BCUT2D eigenvalue weighted by Crippen LogP contribution is -2.17. The standard InChI is InChI=1S/C34H28F6O4/c1-3-5-27-19-25(11-17-31(27)41-21-23-7-13-29(14-8-23)43-33(35,36)37)26-12-18-32(28(20-26)6-4-2)42-22-24-9-15-30(16-10-24)44-34(38,39)40/h3-4,7-20H,1-2,5-6,21-22H2. The first-order chi connectivity index (χ1) is 20.9. The fourth-order valence-electron chi connectivity index (χ4n) is 4.33. The highest BCUT2D eigenvalue weighted by Gasteiger charge is 2.31. The normalized spacial score (nSPS) is 11.5. The third kappa shape index (κ3) is 9.58. The second-order valence-electron chi connectivity index (χ2n) is 9.59. The molecule has 4 nitrogen and oxygen atoms in total. The van der Waals surface area contributed by atoms with Gasteiger partial charge in [-0.25, -0.2) is 0 Å². The number of benzene rings is 4. The number of halogens is 6. The Kier molecular flexibility index (Phi) is 10.3. The van der Waals surface area contributed by atoms with E-state index in [1.165, 1.54) is 48.5 Å². The summed E-state index contributed by atoms with van der Waals surface area (Å²) in [7, 11) is 0. The molecule has 0 radical (unpaired) electrons. The predicted octanol–water partition coefficient (Wildman–Crippen LogP) is 9.77. The Morgan fingerprint density at radius 2 is 0.886 bits per heavy atom. The molecule has 0 aliphatic rings. The summed E-state index contributed by atoms with van der Waals surface area (Å²) >= 11 is 0. The van der Waals surface area contributed by atoms with Crippen molar-refractivity contribution >= 4 is 0 Å². The summed E-state index contributed by atoms with van der Waals surface area (Å²) in [5, 5.41) is 0. The number of allylic oxidation sites excluding steroid dienone is 2. The first kappa shape index (κ1) is 32.1. The third-order valence-corrected chi connectivity index (χ3v) is 6.29. The summed E-state index contributed by atoms with van der Waals surface area (Å²) in [4.78, 5) is 0. The van der Waals surface area contributed by atoms with Crippen molar-refractivity contribution in [3.05, 3.63) is 132 Å². The maximum Gasteiger partial charge on any atom is 0.573 e. The molecule has 0 N–H and O–H groups in total. The number of hydrogen-bond donors (Lipinski definition) is 0. The van der Waals surface area contributed by atoms with Crippen molar-refractivity contribution < 1.29 is 45.3 Å². The molecule has 0 saturated carbocycles. The second-order valence-corrected chi connectivity index (χ2v) is 9.59. The summed E-state index contributed by atoms with van der Waals surface area (Å²) in [6, 6.07) is 22.4. The average Bonchev–Trinajstić information content (AvgIpc) is 2.96.